The van der Waals surface area contributed by atoms with Gasteiger partial charge < -0.3 is 9.32 Å². The van der Waals surface area contributed by atoms with E-state index in [-0.39, 0.29) is 11.7 Å². The molecule has 0 spiro atoms. The largest absolute Gasteiger partial charge is 0.453 e. The average molecular weight is 327 g/mol. The lowest BCUT2D eigenvalue weighted by atomic mass is 10.1. The number of hydrogen-bond donors (Lipinski definition) is 0. The molecule has 128 valence electrons. The molecule has 24 heavy (non-hydrogen) atoms. The van der Waals surface area contributed by atoms with Crippen molar-refractivity contribution in [3.05, 3.63) is 47.7 Å². The molecular formula is C20H25NO3. The Bertz CT molecular complexity index is 702. The van der Waals surface area contributed by atoms with Crippen molar-refractivity contribution in [3.63, 3.8) is 0 Å². The molecule has 1 amide bonds. The van der Waals surface area contributed by atoms with Crippen molar-refractivity contribution in [1.29, 1.82) is 0 Å². The fourth-order valence-corrected chi connectivity index (χ4v) is 2.60. The maximum atomic E-state index is 12.8. The summed E-state index contributed by atoms with van der Waals surface area (Å²) in [6.45, 7) is 7.22. The zero-order valence-electron chi connectivity index (χ0n) is 14.7. The van der Waals surface area contributed by atoms with E-state index in [9.17, 15) is 9.59 Å². The summed E-state index contributed by atoms with van der Waals surface area (Å²) in [6.07, 6.45) is 3.01. The van der Waals surface area contributed by atoms with Gasteiger partial charge in [0.15, 0.2) is 11.5 Å². The molecule has 0 bridgehead atoms. The minimum atomic E-state index is -0.109. The van der Waals surface area contributed by atoms with E-state index < -0.39 is 0 Å². The number of carbonyl (C=O) groups is 2. The van der Waals surface area contributed by atoms with Gasteiger partial charge in [-0.15, -0.1) is 0 Å². The van der Waals surface area contributed by atoms with E-state index in [1.807, 2.05) is 29.2 Å². The highest BCUT2D eigenvalue weighted by Crippen LogP contribution is 2.24. The number of rotatable bonds is 8. The zero-order chi connectivity index (χ0) is 17.5. The van der Waals surface area contributed by atoms with Gasteiger partial charge in [-0.1, -0.05) is 32.4 Å². The maximum absolute atomic E-state index is 12.8. The Hall–Kier alpha value is -2.36. The van der Waals surface area contributed by atoms with Gasteiger partial charge in [0.05, 0.1) is 0 Å². The number of benzene rings is 1. The van der Waals surface area contributed by atoms with Crippen LogP contribution in [-0.2, 0) is 0 Å². The second-order valence-corrected chi connectivity index (χ2v) is 5.95. The molecule has 0 fully saturated rings. The molecule has 1 aromatic carbocycles. The van der Waals surface area contributed by atoms with Gasteiger partial charge in [-0.25, -0.2) is 0 Å². The van der Waals surface area contributed by atoms with E-state index in [0.29, 0.717) is 17.1 Å². The Kier molecular flexibility index (Phi) is 6.36. The number of amides is 1. The number of nitrogens with zero attached hydrogens (tertiary/aromatic N) is 1. The fourth-order valence-electron chi connectivity index (χ4n) is 2.60. The van der Waals surface area contributed by atoms with Crippen LogP contribution in [0, 0.1) is 0 Å². The number of Topliss-reactive ketones (excluding diaryl/α,β-unsaturated/α-hetero) is 1. The number of furan rings is 1. The summed E-state index contributed by atoms with van der Waals surface area (Å²) in [5.74, 6) is 0.871. The van der Waals surface area contributed by atoms with E-state index >= 15 is 0 Å². The number of ketones is 1. The third-order valence-corrected chi connectivity index (χ3v) is 3.91. The van der Waals surface area contributed by atoms with E-state index in [1.165, 1.54) is 6.92 Å². The number of unbranched alkanes of at least 4 members (excludes halogenated alkanes) is 1. The molecule has 1 heterocycles. The molecule has 4 heteroatoms. The quantitative estimate of drug-likeness (QED) is 0.654. The van der Waals surface area contributed by atoms with Crippen molar-refractivity contribution in [2.45, 2.75) is 40.0 Å². The van der Waals surface area contributed by atoms with Crippen molar-refractivity contribution < 1.29 is 14.0 Å². The van der Waals surface area contributed by atoms with E-state index in [2.05, 4.69) is 13.8 Å². The Morgan fingerprint density at radius 3 is 2.46 bits per heavy atom. The minimum Gasteiger partial charge on any atom is -0.453 e. The van der Waals surface area contributed by atoms with Crippen LogP contribution in [0.25, 0.3) is 11.3 Å². The van der Waals surface area contributed by atoms with Gasteiger partial charge >= 0.3 is 0 Å². The first kappa shape index (κ1) is 18.0. The lowest BCUT2D eigenvalue weighted by Crippen LogP contribution is -2.32. The molecule has 0 atom stereocenters. The third-order valence-electron chi connectivity index (χ3n) is 3.91. The second kappa shape index (κ2) is 8.48. The van der Waals surface area contributed by atoms with Crippen molar-refractivity contribution in [1.82, 2.24) is 4.90 Å². The first-order valence-electron chi connectivity index (χ1n) is 8.57. The zero-order valence-corrected chi connectivity index (χ0v) is 14.7. The summed E-state index contributed by atoms with van der Waals surface area (Å²) in [5, 5.41) is 0. The number of carbonyl (C=O) groups excluding carboxylic acids is 2. The van der Waals surface area contributed by atoms with Gasteiger partial charge in [0.2, 0.25) is 0 Å². The smallest absolute Gasteiger partial charge is 0.253 e. The highest BCUT2D eigenvalue weighted by molar-refractivity contribution is 5.95. The Labute approximate surface area is 143 Å². The predicted octanol–water partition coefficient (Wildman–Crippen LogP) is 4.80. The minimum absolute atomic E-state index is 0.0468. The first-order valence-corrected chi connectivity index (χ1v) is 8.57. The molecule has 2 rings (SSSR count). The first-order chi connectivity index (χ1) is 11.6. The monoisotopic (exact) mass is 327 g/mol. The van der Waals surface area contributed by atoms with E-state index in [4.69, 9.17) is 4.42 Å². The molecule has 0 aliphatic heterocycles. The third kappa shape index (κ3) is 4.34. The van der Waals surface area contributed by atoms with Gasteiger partial charge in [0.1, 0.15) is 5.76 Å². The van der Waals surface area contributed by atoms with Gasteiger partial charge in [0, 0.05) is 31.1 Å². The Balaban J connectivity index is 2.24. The molecule has 0 unspecified atom stereocenters. The molecule has 0 N–H and O–H groups in total. The van der Waals surface area contributed by atoms with Crippen molar-refractivity contribution >= 4 is 11.7 Å². The summed E-state index contributed by atoms with van der Waals surface area (Å²) < 4.78 is 5.56. The van der Waals surface area contributed by atoms with Crippen LogP contribution in [0.1, 0.15) is 60.9 Å². The fraction of sp³-hybridized carbons (Fsp3) is 0.400. The highest BCUT2D eigenvalue weighted by atomic mass is 16.3. The molecule has 1 aromatic heterocycles. The topological polar surface area (TPSA) is 50.5 Å². The Morgan fingerprint density at radius 1 is 1.04 bits per heavy atom. The lowest BCUT2D eigenvalue weighted by Gasteiger charge is -2.22. The van der Waals surface area contributed by atoms with Crippen LogP contribution in [0.3, 0.4) is 0 Å². The van der Waals surface area contributed by atoms with Crippen LogP contribution in [0.15, 0.2) is 40.8 Å². The normalized spacial score (nSPS) is 10.6. The van der Waals surface area contributed by atoms with Crippen LogP contribution in [0.5, 0.6) is 0 Å². The van der Waals surface area contributed by atoms with Gasteiger partial charge in [-0.3, -0.25) is 9.59 Å². The van der Waals surface area contributed by atoms with Crippen molar-refractivity contribution in [3.8, 4) is 11.3 Å². The summed E-state index contributed by atoms with van der Waals surface area (Å²) >= 11 is 0. The standard InChI is InChI=1S/C20H25NO3/c1-4-6-13-21(12-5-2)20(23)17-9-7-8-16(14-17)19-11-10-18(24-19)15(3)22/h7-11,14H,4-6,12-13H2,1-3H3. The molecular weight excluding hydrogens is 302 g/mol. The van der Waals surface area contributed by atoms with Gasteiger partial charge in [-0.2, -0.15) is 0 Å². The van der Waals surface area contributed by atoms with E-state index in [1.54, 1.807) is 12.1 Å². The van der Waals surface area contributed by atoms with Crippen LogP contribution >= 0.6 is 0 Å². The molecule has 0 aliphatic rings. The van der Waals surface area contributed by atoms with E-state index in [0.717, 1.165) is 37.9 Å². The molecule has 0 aliphatic carbocycles. The summed E-state index contributed by atoms with van der Waals surface area (Å²) in [5.41, 5.74) is 1.46. The van der Waals surface area contributed by atoms with Crippen molar-refractivity contribution in [2.24, 2.45) is 0 Å². The van der Waals surface area contributed by atoms with Crippen LogP contribution in [0.2, 0.25) is 0 Å². The lowest BCUT2D eigenvalue weighted by molar-refractivity contribution is 0.0753. The van der Waals surface area contributed by atoms with Crippen LogP contribution in [0.4, 0.5) is 0 Å². The highest BCUT2D eigenvalue weighted by Gasteiger charge is 2.16. The molecule has 4 nitrogen and oxygen atoms in total. The summed E-state index contributed by atoms with van der Waals surface area (Å²) in [4.78, 5) is 26.1. The summed E-state index contributed by atoms with van der Waals surface area (Å²) in [7, 11) is 0. The van der Waals surface area contributed by atoms with Crippen LogP contribution < -0.4 is 0 Å². The number of hydrogen-bond acceptors (Lipinski definition) is 3. The summed E-state index contributed by atoms with van der Waals surface area (Å²) in [6, 6.07) is 10.8. The molecule has 2 aromatic rings. The average Bonchev–Trinajstić information content (AvgIpc) is 3.08. The second-order valence-electron chi connectivity index (χ2n) is 5.95. The SMILES string of the molecule is CCCCN(CCC)C(=O)c1cccc(-c2ccc(C(C)=O)o2)c1. The van der Waals surface area contributed by atoms with Crippen molar-refractivity contribution in [2.75, 3.05) is 13.1 Å². The van der Waals surface area contributed by atoms with Crippen LogP contribution in [-0.4, -0.2) is 29.7 Å². The molecule has 0 radical (unpaired) electrons. The molecule has 0 saturated carbocycles. The Morgan fingerprint density at radius 2 is 1.83 bits per heavy atom. The molecule has 0 saturated heterocycles. The maximum Gasteiger partial charge on any atom is 0.253 e. The van der Waals surface area contributed by atoms with Gasteiger partial charge in [0.25, 0.3) is 5.91 Å². The van der Waals surface area contributed by atoms with Gasteiger partial charge in [-0.05, 0) is 37.1 Å². The predicted molar refractivity (Wildman–Crippen MR) is 95.3 cm³/mol.